The SMILES string of the molecule is O=C(CC[C@H]1NC(=O)N(Cc2ccco2)C1=O)N[C@@H](CO)c1ccccc1. The van der Waals surface area contributed by atoms with Crippen molar-refractivity contribution in [3.05, 3.63) is 60.1 Å². The van der Waals surface area contributed by atoms with Gasteiger partial charge in [0, 0.05) is 6.42 Å². The molecular weight excluding hydrogens is 350 g/mol. The third-order valence-corrected chi connectivity index (χ3v) is 4.38. The molecule has 3 rings (SSSR count). The van der Waals surface area contributed by atoms with Gasteiger partial charge in [0.15, 0.2) is 0 Å². The molecule has 1 fully saturated rings. The van der Waals surface area contributed by atoms with Crippen LogP contribution in [0.3, 0.4) is 0 Å². The van der Waals surface area contributed by atoms with Crippen LogP contribution in [-0.2, 0) is 16.1 Å². The van der Waals surface area contributed by atoms with Gasteiger partial charge in [-0.2, -0.15) is 0 Å². The fourth-order valence-corrected chi connectivity index (χ4v) is 2.94. The Labute approximate surface area is 156 Å². The molecule has 2 aromatic rings. The van der Waals surface area contributed by atoms with Crippen molar-refractivity contribution in [2.24, 2.45) is 0 Å². The van der Waals surface area contributed by atoms with E-state index in [1.807, 2.05) is 30.3 Å². The van der Waals surface area contributed by atoms with E-state index in [0.29, 0.717) is 5.76 Å². The predicted molar refractivity (Wildman–Crippen MR) is 95.2 cm³/mol. The molecule has 0 saturated carbocycles. The summed E-state index contributed by atoms with van der Waals surface area (Å²) >= 11 is 0. The lowest BCUT2D eigenvalue weighted by Gasteiger charge is -2.17. The van der Waals surface area contributed by atoms with Crippen LogP contribution in [0.4, 0.5) is 4.79 Å². The van der Waals surface area contributed by atoms with Gasteiger partial charge in [0.1, 0.15) is 11.8 Å². The van der Waals surface area contributed by atoms with E-state index in [-0.39, 0.29) is 37.8 Å². The molecule has 1 saturated heterocycles. The second kappa shape index (κ2) is 8.50. The number of benzene rings is 1. The van der Waals surface area contributed by atoms with Crippen molar-refractivity contribution in [1.29, 1.82) is 0 Å². The number of nitrogens with one attached hydrogen (secondary N) is 2. The molecule has 0 bridgehead atoms. The number of carbonyl (C=O) groups is 3. The summed E-state index contributed by atoms with van der Waals surface area (Å²) in [5.74, 6) is -0.180. The van der Waals surface area contributed by atoms with Crippen molar-refractivity contribution in [1.82, 2.24) is 15.5 Å². The Balaban J connectivity index is 1.51. The number of hydrogen-bond donors (Lipinski definition) is 3. The van der Waals surface area contributed by atoms with Gasteiger partial charge in [-0.25, -0.2) is 4.79 Å². The van der Waals surface area contributed by atoms with Gasteiger partial charge in [-0.3, -0.25) is 14.5 Å². The highest BCUT2D eigenvalue weighted by Gasteiger charge is 2.38. The van der Waals surface area contributed by atoms with Crippen LogP contribution in [0.2, 0.25) is 0 Å². The largest absolute Gasteiger partial charge is 0.467 e. The van der Waals surface area contributed by atoms with Gasteiger partial charge in [-0.15, -0.1) is 0 Å². The Morgan fingerprint density at radius 3 is 2.67 bits per heavy atom. The minimum atomic E-state index is -0.748. The molecule has 1 aliphatic heterocycles. The molecule has 8 heteroatoms. The summed E-state index contributed by atoms with van der Waals surface area (Å²) in [4.78, 5) is 37.6. The highest BCUT2D eigenvalue weighted by atomic mass is 16.3. The van der Waals surface area contributed by atoms with Gasteiger partial charge in [0.25, 0.3) is 5.91 Å². The molecule has 0 spiro atoms. The number of aliphatic hydroxyl groups is 1. The molecule has 2 atom stereocenters. The van der Waals surface area contributed by atoms with E-state index >= 15 is 0 Å². The van der Waals surface area contributed by atoms with E-state index in [9.17, 15) is 19.5 Å². The number of aliphatic hydroxyl groups excluding tert-OH is 1. The number of carbonyl (C=O) groups excluding carboxylic acids is 3. The molecule has 0 unspecified atom stereocenters. The second-order valence-electron chi connectivity index (χ2n) is 6.26. The molecule has 1 aliphatic rings. The van der Waals surface area contributed by atoms with Gasteiger partial charge >= 0.3 is 6.03 Å². The van der Waals surface area contributed by atoms with Crippen LogP contribution in [0.25, 0.3) is 0 Å². The van der Waals surface area contributed by atoms with Gasteiger partial charge in [0.05, 0.1) is 25.5 Å². The Morgan fingerprint density at radius 2 is 2.00 bits per heavy atom. The Morgan fingerprint density at radius 1 is 1.22 bits per heavy atom. The van der Waals surface area contributed by atoms with E-state index in [4.69, 9.17) is 4.42 Å². The first-order chi connectivity index (χ1) is 13.1. The number of rotatable bonds is 8. The maximum Gasteiger partial charge on any atom is 0.325 e. The lowest BCUT2D eigenvalue weighted by Crippen LogP contribution is -2.34. The second-order valence-corrected chi connectivity index (χ2v) is 6.26. The van der Waals surface area contributed by atoms with Gasteiger partial charge in [-0.05, 0) is 24.1 Å². The molecule has 142 valence electrons. The average molecular weight is 371 g/mol. The maximum atomic E-state index is 12.4. The quantitative estimate of drug-likeness (QED) is 0.606. The summed E-state index contributed by atoms with van der Waals surface area (Å²) in [6.45, 7) is -0.174. The number of imide groups is 1. The Hall–Kier alpha value is -3.13. The lowest BCUT2D eigenvalue weighted by molar-refractivity contribution is -0.128. The Kier molecular flexibility index (Phi) is 5.87. The molecule has 1 aromatic carbocycles. The zero-order valence-corrected chi connectivity index (χ0v) is 14.6. The first kappa shape index (κ1) is 18.7. The number of amides is 4. The number of nitrogens with zero attached hydrogens (tertiary/aromatic N) is 1. The zero-order chi connectivity index (χ0) is 19.2. The molecule has 3 N–H and O–H groups in total. The summed E-state index contributed by atoms with van der Waals surface area (Å²) < 4.78 is 5.16. The smallest absolute Gasteiger partial charge is 0.325 e. The minimum absolute atomic E-state index is 0.0502. The summed E-state index contributed by atoms with van der Waals surface area (Å²) in [5, 5.41) is 14.8. The average Bonchev–Trinajstić information content (AvgIpc) is 3.29. The first-order valence-corrected chi connectivity index (χ1v) is 8.68. The van der Waals surface area contributed by atoms with Crippen molar-refractivity contribution >= 4 is 17.8 Å². The molecule has 2 heterocycles. The number of hydrogen-bond acceptors (Lipinski definition) is 5. The predicted octanol–water partition coefficient (Wildman–Crippen LogP) is 1.33. The molecule has 1 aromatic heterocycles. The van der Waals surface area contributed by atoms with Crippen molar-refractivity contribution in [3.8, 4) is 0 Å². The van der Waals surface area contributed by atoms with Crippen LogP contribution in [0, 0.1) is 0 Å². The minimum Gasteiger partial charge on any atom is -0.467 e. The van der Waals surface area contributed by atoms with Crippen LogP contribution in [0.5, 0.6) is 0 Å². The summed E-state index contributed by atoms with van der Waals surface area (Å²) in [5.41, 5.74) is 0.795. The summed E-state index contributed by atoms with van der Waals surface area (Å²) in [6.07, 6.45) is 1.70. The standard InChI is InChI=1S/C19H21N3O5/c23-12-16(13-5-2-1-3-6-13)20-17(24)9-8-15-18(25)22(19(26)21-15)11-14-7-4-10-27-14/h1-7,10,15-16,23H,8-9,11-12H2,(H,20,24)(H,21,26)/t15-,16+/m1/s1. The third-order valence-electron chi connectivity index (χ3n) is 4.38. The van der Waals surface area contributed by atoms with E-state index in [0.717, 1.165) is 10.5 Å². The molecule has 4 amide bonds. The highest BCUT2D eigenvalue weighted by molar-refractivity contribution is 6.04. The van der Waals surface area contributed by atoms with E-state index in [1.54, 1.807) is 12.1 Å². The molecular formula is C19H21N3O5. The molecule has 0 aliphatic carbocycles. The van der Waals surface area contributed by atoms with Crippen molar-refractivity contribution in [3.63, 3.8) is 0 Å². The fraction of sp³-hybridized carbons (Fsp3) is 0.316. The van der Waals surface area contributed by atoms with Crippen molar-refractivity contribution in [2.75, 3.05) is 6.61 Å². The van der Waals surface area contributed by atoms with Crippen LogP contribution >= 0.6 is 0 Å². The van der Waals surface area contributed by atoms with Crippen molar-refractivity contribution < 1.29 is 23.9 Å². The summed E-state index contributed by atoms with van der Waals surface area (Å²) in [7, 11) is 0. The highest BCUT2D eigenvalue weighted by Crippen LogP contribution is 2.16. The van der Waals surface area contributed by atoms with E-state index < -0.39 is 18.1 Å². The van der Waals surface area contributed by atoms with E-state index in [1.165, 1.54) is 6.26 Å². The van der Waals surface area contributed by atoms with Gasteiger partial charge in [0.2, 0.25) is 5.91 Å². The Bertz CT molecular complexity index is 791. The monoisotopic (exact) mass is 371 g/mol. The van der Waals surface area contributed by atoms with E-state index in [2.05, 4.69) is 10.6 Å². The number of furan rings is 1. The van der Waals surface area contributed by atoms with Gasteiger partial charge in [-0.1, -0.05) is 30.3 Å². The normalized spacial score (nSPS) is 17.7. The molecule has 0 radical (unpaired) electrons. The van der Waals surface area contributed by atoms with Gasteiger partial charge < -0.3 is 20.2 Å². The van der Waals surface area contributed by atoms with Crippen molar-refractivity contribution in [2.45, 2.75) is 31.5 Å². The lowest BCUT2D eigenvalue weighted by atomic mass is 10.1. The van der Waals surface area contributed by atoms with Crippen LogP contribution in [0.15, 0.2) is 53.1 Å². The summed E-state index contributed by atoms with van der Waals surface area (Å²) in [6, 6.07) is 10.7. The third kappa shape index (κ3) is 4.53. The fourth-order valence-electron chi connectivity index (χ4n) is 2.94. The van der Waals surface area contributed by atoms with Crippen LogP contribution in [-0.4, -0.2) is 40.5 Å². The topological polar surface area (TPSA) is 112 Å². The number of urea groups is 1. The van der Waals surface area contributed by atoms with Crippen LogP contribution < -0.4 is 10.6 Å². The molecule has 8 nitrogen and oxygen atoms in total. The maximum absolute atomic E-state index is 12.4. The molecule has 27 heavy (non-hydrogen) atoms. The van der Waals surface area contributed by atoms with Crippen LogP contribution in [0.1, 0.15) is 30.2 Å². The first-order valence-electron chi connectivity index (χ1n) is 8.68. The zero-order valence-electron chi connectivity index (χ0n) is 14.6.